The van der Waals surface area contributed by atoms with E-state index in [0.717, 1.165) is 0 Å². The predicted octanol–water partition coefficient (Wildman–Crippen LogP) is 2.64. The summed E-state index contributed by atoms with van der Waals surface area (Å²) in [5, 5.41) is 4.11. The van der Waals surface area contributed by atoms with Gasteiger partial charge in [-0.25, -0.2) is 4.68 Å². The number of hydrogen-bond acceptors (Lipinski definition) is 3. The molecule has 0 aliphatic heterocycles. The van der Waals surface area contributed by atoms with E-state index in [4.69, 9.17) is 9.47 Å². The number of aromatic nitrogens is 2. The number of benzene rings is 1. The predicted molar refractivity (Wildman–Crippen MR) is 69.0 cm³/mol. The summed E-state index contributed by atoms with van der Waals surface area (Å²) in [5.41, 5.74) is 1.18. The molecule has 4 heteroatoms. The molecule has 0 aliphatic rings. The molecule has 0 bridgehead atoms. The van der Waals surface area contributed by atoms with Crippen LogP contribution in [-0.4, -0.2) is 23.0 Å². The van der Waals surface area contributed by atoms with Crippen molar-refractivity contribution < 1.29 is 9.47 Å². The van der Waals surface area contributed by atoms with Crippen molar-refractivity contribution in [1.82, 2.24) is 9.78 Å². The molecule has 0 N–H and O–H groups in total. The normalized spacial score (nSPS) is 12.5. The maximum Gasteiger partial charge on any atom is 0.147 e. The minimum atomic E-state index is -0.0553. The SMILES string of the molecule is CC(OCCOCc1ccccc1)n1cccn1. The van der Waals surface area contributed by atoms with Gasteiger partial charge in [-0.15, -0.1) is 0 Å². The molecule has 0 fully saturated rings. The third-order valence-electron chi connectivity index (χ3n) is 2.60. The Morgan fingerprint density at radius 2 is 2.00 bits per heavy atom. The maximum atomic E-state index is 5.60. The molecule has 0 saturated carbocycles. The van der Waals surface area contributed by atoms with Crippen LogP contribution in [-0.2, 0) is 16.1 Å². The fourth-order valence-corrected chi connectivity index (χ4v) is 1.61. The van der Waals surface area contributed by atoms with Crippen molar-refractivity contribution in [2.75, 3.05) is 13.2 Å². The Kier molecular flexibility index (Phi) is 4.93. The summed E-state index contributed by atoms with van der Waals surface area (Å²) >= 11 is 0. The van der Waals surface area contributed by atoms with Crippen LogP contribution in [0.4, 0.5) is 0 Å². The monoisotopic (exact) mass is 246 g/mol. The van der Waals surface area contributed by atoms with Crippen LogP contribution in [0.5, 0.6) is 0 Å². The van der Waals surface area contributed by atoms with Gasteiger partial charge in [0.2, 0.25) is 0 Å². The highest BCUT2D eigenvalue weighted by Gasteiger charge is 2.03. The van der Waals surface area contributed by atoms with Crippen molar-refractivity contribution in [3.8, 4) is 0 Å². The lowest BCUT2D eigenvalue weighted by molar-refractivity contribution is -0.0292. The molecule has 0 spiro atoms. The van der Waals surface area contributed by atoms with E-state index in [1.807, 2.05) is 49.5 Å². The van der Waals surface area contributed by atoms with Gasteiger partial charge >= 0.3 is 0 Å². The van der Waals surface area contributed by atoms with Crippen molar-refractivity contribution in [3.05, 3.63) is 54.4 Å². The van der Waals surface area contributed by atoms with Gasteiger partial charge in [0.1, 0.15) is 6.23 Å². The molecule has 1 aromatic carbocycles. The van der Waals surface area contributed by atoms with Gasteiger partial charge in [0.05, 0.1) is 19.8 Å². The summed E-state index contributed by atoms with van der Waals surface area (Å²) in [5.74, 6) is 0. The number of ether oxygens (including phenoxy) is 2. The van der Waals surface area contributed by atoms with Crippen LogP contribution < -0.4 is 0 Å². The Morgan fingerprint density at radius 1 is 1.17 bits per heavy atom. The van der Waals surface area contributed by atoms with Gasteiger partial charge in [0, 0.05) is 12.4 Å². The molecule has 0 amide bonds. The fraction of sp³-hybridized carbons (Fsp3) is 0.357. The van der Waals surface area contributed by atoms with E-state index < -0.39 is 0 Å². The fourth-order valence-electron chi connectivity index (χ4n) is 1.61. The summed E-state index contributed by atoms with van der Waals surface area (Å²) in [6, 6.07) is 12.0. The second kappa shape index (κ2) is 6.93. The average molecular weight is 246 g/mol. The van der Waals surface area contributed by atoms with Crippen molar-refractivity contribution >= 4 is 0 Å². The number of rotatable bonds is 7. The Hall–Kier alpha value is -1.65. The summed E-state index contributed by atoms with van der Waals surface area (Å²) in [6.07, 6.45) is 3.57. The zero-order valence-electron chi connectivity index (χ0n) is 10.5. The maximum absolute atomic E-state index is 5.60. The van der Waals surface area contributed by atoms with Crippen molar-refractivity contribution in [1.29, 1.82) is 0 Å². The summed E-state index contributed by atoms with van der Waals surface area (Å²) in [4.78, 5) is 0. The number of nitrogens with zero attached hydrogens (tertiary/aromatic N) is 2. The van der Waals surface area contributed by atoms with Gasteiger partial charge in [0.25, 0.3) is 0 Å². The molecule has 2 rings (SSSR count). The number of hydrogen-bond donors (Lipinski definition) is 0. The highest BCUT2D eigenvalue weighted by molar-refractivity contribution is 5.13. The second-order valence-corrected chi connectivity index (χ2v) is 3.99. The van der Waals surface area contributed by atoms with Crippen LogP contribution in [0.1, 0.15) is 18.7 Å². The molecule has 18 heavy (non-hydrogen) atoms. The third-order valence-corrected chi connectivity index (χ3v) is 2.60. The molecule has 0 aliphatic carbocycles. The van der Waals surface area contributed by atoms with Crippen LogP contribution in [0.2, 0.25) is 0 Å². The van der Waals surface area contributed by atoms with E-state index in [1.165, 1.54) is 5.56 Å². The average Bonchev–Trinajstić information content (AvgIpc) is 2.93. The third kappa shape index (κ3) is 3.98. The minimum Gasteiger partial charge on any atom is -0.374 e. The van der Waals surface area contributed by atoms with Gasteiger partial charge in [-0.2, -0.15) is 5.10 Å². The lowest BCUT2D eigenvalue weighted by Crippen LogP contribution is -2.13. The minimum absolute atomic E-state index is 0.0553. The highest BCUT2D eigenvalue weighted by atomic mass is 16.5. The van der Waals surface area contributed by atoms with Gasteiger partial charge < -0.3 is 9.47 Å². The molecule has 1 unspecified atom stereocenters. The standard InChI is InChI=1S/C14H18N2O2/c1-13(16-9-5-8-15-16)18-11-10-17-12-14-6-3-2-4-7-14/h2-9,13H,10-12H2,1H3. The van der Waals surface area contributed by atoms with Crippen LogP contribution in [0.25, 0.3) is 0 Å². The van der Waals surface area contributed by atoms with E-state index in [-0.39, 0.29) is 6.23 Å². The first-order chi connectivity index (χ1) is 8.86. The van der Waals surface area contributed by atoms with E-state index >= 15 is 0 Å². The Labute approximate surface area is 107 Å². The second-order valence-electron chi connectivity index (χ2n) is 3.99. The Balaban J connectivity index is 1.59. The zero-order valence-corrected chi connectivity index (χ0v) is 10.5. The van der Waals surface area contributed by atoms with Crippen molar-refractivity contribution in [2.45, 2.75) is 19.8 Å². The highest BCUT2D eigenvalue weighted by Crippen LogP contribution is 2.05. The smallest absolute Gasteiger partial charge is 0.147 e. The van der Waals surface area contributed by atoms with E-state index in [0.29, 0.717) is 19.8 Å². The van der Waals surface area contributed by atoms with Gasteiger partial charge in [-0.3, -0.25) is 0 Å². The van der Waals surface area contributed by atoms with Gasteiger partial charge in [-0.05, 0) is 18.6 Å². The Bertz CT molecular complexity index is 428. The molecule has 1 atom stereocenters. The first-order valence-electron chi connectivity index (χ1n) is 6.08. The lowest BCUT2D eigenvalue weighted by Gasteiger charge is -2.13. The molecule has 96 valence electrons. The quantitative estimate of drug-likeness (QED) is 0.705. The molecular formula is C14H18N2O2. The molecule has 2 aromatic rings. The zero-order chi connectivity index (χ0) is 12.6. The largest absolute Gasteiger partial charge is 0.374 e. The Morgan fingerprint density at radius 3 is 2.72 bits per heavy atom. The van der Waals surface area contributed by atoms with Crippen LogP contribution >= 0.6 is 0 Å². The molecule has 0 saturated heterocycles. The molecular weight excluding hydrogens is 228 g/mol. The van der Waals surface area contributed by atoms with E-state index in [2.05, 4.69) is 5.10 Å². The van der Waals surface area contributed by atoms with Crippen LogP contribution in [0, 0.1) is 0 Å². The molecule has 1 heterocycles. The van der Waals surface area contributed by atoms with Crippen LogP contribution in [0.15, 0.2) is 48.8 Å². The van der Waals surface area contributed by atoms with Crippen LogP contribution in [0.3, 0.4) is 0 Å². The summed E-state index contributed by atoms with van der Waals surface area (Å²) < 4.78 is 12.9. The summed E-state index contributed by atoms with van der Waals surface area (Å²) in [7, 11) is 0. The first-order valence-corrected chi connectivity index (χ1v) is 6.08. The molecule has 4 nitrogen and oxygen atoms in total. The van der Waals surface area contributed by atoms with Gasteiger partial charge in [0.15, 0.2) is 0 Å². The van der Waals surface area contributed by atoms with E-state index in [9.17, 15) is 0 Å². The van der Waals surface area contributed by atoms with Crippen molar-refractivity contribution in [2.24, 2.45) is 0 Å². The summed E-state index contributed by atoms with van der Waals surface area (Å²) in [6.45, 7) is 3.74. The van der Waals surface area contributed by atoms with E-state index in [1.54, 1.807) is 10.9 Å². The van der Waals surface area contributed by atoms with Gasteiger partial charge in [-0.1, -0.05) is 30.3 Å². The van der Waals surface area contributed by atoms with Crippen molar-refractivity contribution in [3.63, 3.8) is 0 Å². The molecule has 1 aromatic heterocycles. The first kappa shape index (κ1) is 12.8. The molecule has 0 radical (unpaired) electrons. The lowest BCUT2D eigenvalue weighted by atomic mass is 10.2. The topological polar surface area (TPSA) is 36.3 Å².